The van der Waals surface area contributed by atoms with Gasteiger partial charge in [0.05, 0.1) is 12.6 Å². The number of H-pyrrole nitrogens is 1. The van der Waals surface area contributed by atoms with E-state index in [1.807, 2.05) is 0 Å². The number of rotatable bonds is 1. The fourth-order valence-electron chi connectivity index (χ4n) is 4.29. The number of hydrogen-bond acceptors (Lipinski definition) is 1. The fraction of sp³-hybridized carbons (Fsp3) is 0.529. The monoisotopic (exact) mass is 255 g/mol. The van der Waals surface area contributed by atoms with Gasteiger partial charge in [-0.2, -0.15) is 0 Å². The van der Waals surface area contributed by atoms with E-state index >= 15 is 0 Å². The van der Waals surface area contributed by atoms with Crippen LogP contribution in [0.2, 0.25) is 0 Å². The average molecular weight is 255 g/mol. The molecule has 0 radical (unpaired) electrons. The Morgan fingerprint density at radius 1 is 1.16 bits per heavy atom. The Balaban J connectivity index is 1.85. The summed E-state index contributed by atoms with van der Waals surface area (Å²) in [5, 5.41) is 1.39. The van der Waals surface area contributed by atoms with Gasteiger partial charge in [0.2, 0.25) is 0 Å². The van der Waals surface area contributed by atoms with Crippen molar-refractivity contribution in [3.05, 3.63) is 29.5 Å². The number of aryl methyl sites for hydroxylation is 1. The minimum atomic E-state index is 0.616. The van der Waals surface area contributed by atoms with Gasteiger partial charge >= 0.3 is 0 Å². The first-order valence-electron chi connectivity index (χ1n) is 7.48. The van der Waals surface area contributed by atoms with Crippen molar-refractivity contribution in [3.8, 4) is 5.75 Å². The predicted octanol–water partition coefficient (Wildman–Crippen LogP) is 4.23. The summed E-state index contributed by atoms with van der Waals surface area (Å²) in [5.41, 5.74) is 4.84. The van der Waals surface area contributed by atoms with Crippen molar-refractivity contribution >= 4 is 10.9 Å². The Kier molecular flexibility index (Phi) is 2.41. The molecule has 1 aromatic carbocycles. The molecule has 1 fully saturated rings. The highest BCUT2D eigenvalue weighted by atomic mass is 16.5. The lowest BCUT2D eigenvalue weighted by Gasteiger charge is -2.33. The van der Waals surface area contributed by atoms with Crippen molar-refractivity contribution in [2.45, 2.75) is 44.9 Å². The highest BCUT2D eigenvalue weighted by molar-refractivity contribution is 5.89. The van der Waals surface area contributed by atoms with Crippen molar-refractivity contribution in [2.24, 2.45) is 5.41 Å². The molecular formula is C17H21NO. The number of para-hydroxylation sites is 1. The molecule has 2 aliphatic carbocycles. The van der Waals surface area contributed by atoms with E-state index in [1.54, 1.807) is 12.7 Å². The number of benzene rings is 1. The SMILES string of the molecule is COc1cccc2c3c([nH]c12)CCC1(CCCC1)C3. The van der Waals surface area contributed by atoms with Crippen molar-refractivity contribution < 1.29 is 4.74 Å². The molecule has 1 N–H and O–H groups in total. The maximum Gasteiger partial charge on any atom is 0.142 e. The topological polar surface area (TPSA) is 25.0 Å². The second-order valence-electron chi connectivity index (χ2n) is 6.35. The van der Waals surface area contributed by atoms with Crippen LogP contribution in [0.5, 0.6) is 5.75 Å². The third-order valence-corrected chi connectivity index (χ3v) is 5.33. The molecule has 1 heterocycles. The minimum Gasteiger partial charge on any atom is -0.495 e. The number of hydrogen-bond donors (Lipinski definition) is 1. The number of fused-ring (bicyclic) bond motifs is 3. The van der Waals surface area contributed by atoms with Crippen molar-refractivity contribution in [1.82, 2.24) is 4.98 Å². The van der Waals surface area contributed by atoms with Crippen LogP contribution in [0.25, 0.3) is 10.9 Å². The lowest BCUT2D eigenvalue weighted by molar-refractivity contribution is 0.255. The van der Waals surface area contributed by atoms with Crippen LogP contribution in [-0.2, 0) is 12.8 Å². The average Bonchev–Trinajstić information content (AvgIpc) is 3.04. The Hall–Kier alpha value is -1.44. The van der Waals surface area contributed by atoms with E-state index in [1.165, 1.54) is 61.5 Å². The second kappa shape index (κ2) is 4.03. The van der Waals surface area contributed by atoms with E-state index in [9.17, 15) is 0 Å². The van der Waals surface area contributed by atoms with Crippen LogP contribution in [0, 0.1) is 5.41 Å². The molecule has 1 spiro atoms. The molecule has 2 nitrogen and oxygen atoms in total. The summed E-state index contributed by atoms with van der Waals surface area (Å²) in [6.07, 6.45) is 9.59. The third kappa shape index (κ3) is 1.62. The molecule has 0 atom stereocenters. The van der Waals surface area contributed by atoms with Crippen LogP contribution in [0.4, 0.5) is 0 Å². The van der Waals surface area contributed by atoms with Gasteiger partial charge in [-0.15, -0.1) is 0 Å². The number of aromatic nitrogens is 1. The van der Waals surface area contributed by atoms with Crippen molar-refractivity contribution in [2.75, 3.05) is 7.11 Å². The highest BCUT2D eigenvalue weighted by Crippen LogP contribution is 2.49. The molecule has 0 aliphatic heterocycles. The summed E-state index contributed by atoms with van der Waals surface area (Å²) < 4.78 is 5.49. The molecule has 1 aromatic heterocycles. The zero-order chi connectivity index (χ0) is 12.9. The first kappa shape index (κ1) is 11.4. The number of nitrogens with one attached hydrogen (secondary N) is 1. The number of ether oxygens (including phenoxy) is 1. The molecular weight excluding hydrogens is 234 g/mol. The minimum absolute atomic E-state index is 0.616. The summed E-state index contributed by atoms with van der Waals surface area (Å²) in [5.74, 6) is 0.979. The normalized spacial score (nSPS) is 20.9. The Bertz CT molecular complexity index is 619. The molecule has 100 valence electrons. The van der Waals surface area contributed by atoms with Crippen molar-refractivity contribution in [3.63, 3.8) is 0 Å². The molecule has 0 unspecified atom stereocenters. The standard InChI is InChI=1S/C17H21NO/c1-19-15-6-4-5-12-13-11-17(8-2-3-9-17)10-7-14(13)18-16(12)15/h4-6,18H,2-3,7-11H2,1H3. The van der Waals surface area contributed by atoms with E-state index in [4.69, 9.17) is 4.74 Å². The van der Waals surface area contributed by atoms with Gasteiger partial charge in [-0.1, -0.05) is 25.0 Å². The van der Waals surface area contributed by atoms with E-state index in [0.717, 1.165) is 5.75 Å². The predicted molar refractivity (Wildman–Crippen MR) is 77.8 cm³/mol. The summed E-state index contributed by atoms with van der Waals surface area (Å²) in [4.78, 5) is 3.62. The highest BCUT2D eigenvalue weighted by Gasteiger charge is 2.38. The Morgan fingerprint density at radius 2 is 2.00 bits per heavy atom. The molecule has 19 heavy (non-hydrogen) atoms. The van der Waals surface area contributed by atoms with Gasteiger partial charge in [-0.05, 0) is 49.1 Å². The summed E-state index contributed by atoms with van der Waals surface area (Å²) >= 11 is 0. The van der Waals surface area contributed by atoms with Gasteiger partial charge in [0, 0.05) is 11.1 Å². The number of methoxy groups -OCH3 is 1. The zero-order valence-electron chi connectivity index (χ0n) is 11.6. The summed E-state index contributed by atoms with van der Waals surface area (Å²) in [6, 6.07) is 6.42. The fourth-order valence-corrected chi connectivity index (χ4v) is 4.29. The summed E-state index contributed by atoms with van der Waals surface area (Å²) in [7, 11) is 1.76. The second-order valence-corrected chi connectivity index (χ2v) is 6.35. The van der Waals surface area contributed by atoms with Crippen LogP contribution in [0.15, 0.2) is 18.2 Å². The molecule has 2 aromatic rings. The first-order valence-corrected chi connectivity index (χ1v) is 7.48. The lowest BCUT2D eigenvalue weighted by Crippen LogP contribution is -2.25. The van der Waals surface area contributed by atoms with Gasteiger partial charge < -0.3 is 9.72 Å². The molecule has 1 saturated carbocycles. The zero-order valence-corrected chi connectivity index (χ0v) is 11.6. The van der Waals surface area contributed by atoms with E-state index in [-0.39, 0.29) is 0 Å². The molecule has 4 rings (SSSR count). The first-order chi connectivity index (χ1) is 9.31. The van der Waals surface area contributed by atoms with Gasteiger partial charge in [-0.25, -0.2) is 0 Å². The lowest BCUT2D eigenvalue weighted by atomic mass is 9.72. The molecule has 2 heteroatoms. The molecule has 2 aliphatic rings. The molecule has 0 amide bonds. The number of aromatic amines is 1. The largest absolute Gasteiger partial charge is 0.495 e. The van der Waals surface area contributed by atoms with Gasteiger partial charge in [0.15, 0.2) is 0 Å². The summed E-state index contributed by atoms with van der Waals surface area (Å²) in [6.45, 7) is 0. The molecule has 0 bridgehead atoms. The Morgan fingerprint density at radius 3 is 2.79 bits per heavy atom. The van der Waals surface area contributed by atoms with Gasteiger partial charge in [-0.3, -0.25) is 0 Å². The maximum atomic E-state index is 5.49. The van der Waals surface area contributed by atoms with Crippen LogP contribution in [0.3, 0.4) is 0 Å². The van der Waals surface area contributed by atoms with E-state index in [2.05, 4.69) is 23.2 Å². The van der Waals surface area contributed by atoms with Crippen LogP contribution >= 0.6 is 0 Å². The smallest absolute Gasteiger partial charge is 0.142 e. The Labute approximate surface area is 114 Å². The van der Waals surface area contributed by atoms with E-state index < -0.39 is 0 Å². The van der Waals surface area contributed by atoms with Gasteiger partial charge in [0.25, 0.3) is 0 Å². The van der Waals surface area contributed by atoms with Crippen LogP contribution < -0.4 is 4.74 Å². The van der Waals surface area contributed by atoms with E-state index in [0.29, 0.717) is 5.41 Å². The third-order valence-electron chi connectivity index (χ3n) is 5.33. The van der Waals surface area contributed by atoms with Gasteiger partial charge in [0.1, 0.15) is 5.75 Å². The van der Waals surface area contributed by atoms with Crippen molar-refractivity contribution in [1.29, 1.82) is 0 Å². The van der Waals surface area contributed by atoms with Crippen LogP contribution in [-0.4, -0.2) is 12.1 Å². The maximum absolute atomic E-state index is 5.49. The quantitative estimate of drug-likeness (QED) is 0.810. The molecule has 0 saturated heterocycles. The van der Waals surface area contributed by atoms with Crippen LogP contribution in [0.1, 0.15) is 43.4 Å².